The largest absolute Gasteiger partial charge is 0.397 e. The number of ether oxygens (including phenoxy) is 1. The maximum Gasteiger partial charge on any atom is 0.263 e. The van der Waals surface area contributed by atoms with Gasteiger partial charge in [0, 0.05) is 60.8 Å². The van der Waals surface area contributed by atoms with Gasteiger partial charge in [0.15, 0.2) is 0 Å². The van der Waals surface area contributed by atoms with Crippen LogP contribution in [0.15, 0.2) is 42.7 Å². The Morgan fingerprint density at radius 2 is 2.03 bits per heavy atom. The van der Waals surface area contributed by atoms with Crippen LogP contribution in [0.1, 0.15) is 40.2 Å². The summed E-state index contributed by atoms with van der Waals surface area (Å²) < 4.78 is 7.14. The van der Waals surface area contributed by atoms with E-state index in [-0.39, 0.29) is 5.91 Å². The number of nitrogens with one attached hydrogen (secondary N) is 1. The fraction of sp³-hybridized carbons (Fsp3) is 0.393. The van der Waals surface area contributed by atoms with Crippen LogP contribution < -0.4 is 16.0 Å². The van der Waals surface area contributed by atoms with E-state index in [9.17, 15) is 4.79 Å². The van der Waals surface area contributed by atoms with E-state index in [0.717, 1.165) is 47.5 Å². The van der Waals surface area contributed by atoms with Gasteiger partial charge in [0.05, 0.1) is 25.0 Å². The lowest BCUT2D eigenvalue weighted by Gasteiger charge is -2.30. The van der Waals surface area contributed by atoms with Gasteiger partial charge in [-0.25, -0.2) is 4.98 Å². The number of benzene rings is 1. The van der Waals surface area contributed by atoms with Crippen LogP contribution in [0.4, 0.5) is 11.4 Å². The number of fused-ring (bicyclic) bond motifs is 1. The number of hydrogen-bond donors (Lipinski definition) is 2. The van der Waals surface area contributed by atoms with E-state index in [1.54, 1.807) is 7.11 Å². The second-order valence-electron chi connectivity index (χ2n) is 9.54. The Bertz CT molecular complexity index is 1390. The molecule has 0 aliphatic carbocycles. The number of carbonyl (C=O) groups excluding carboxylic acids is 1. The lowest BCUT2D eigenvalue weighted by atomic mass is 9.99. The number of amides is 1. The van der Waals surface area contributed by atoms with E-state index < -0.39 is 0 Å². The third-order valence-corrected chi connectivity index (χ3v) is 7.98. The molecule has 3 aromatic heterocycles. The Balaban J connectivity index is 1.32. The van der Waals surface area contributed by atoms with E-state index in [4.69, 9.17) is 10.5 Å². The first-order valence-corrected chi connectivity index (χ1v) is 13.7. The summed E-state index contributed by atoms with van der Waals surface area (Å²) >= 11 is 1.35. The molecule has 1 aliphatic rings. The van der Waals surface area contributed by atoms with Crippen molar-refractivity contribution in [2.24, 2.45) is 0 Å². The molecular formula is C28H34N6O2S. The lowest BCUT2D eigenvalue weighted by molar-refractivity contribution is 0.0959. The van der Waals surface area contributed by atoms with Crippen LogP contribution in [0.25, 0.3) is 21.3 Å². The van der Waals surface area contributed by atoms with Gasteiger partial charge >= 0.3 is 0 Å². The maximum absolute atomic E-state index is 12.9. The Morgan fingerprint density at radius 1 is 1.19 bits per heavy atom. The molecule has 1 aliphatic heterocycles. The molecule has 0 atom stereocenters. The Hall–Kier alpha value is -3.43. The molecule has 0 spiro atoms. The molecule has 0 unspecified atom stereocenters. The zero-order valence-electron chi connectivity index (χ0n) is 21.5. The van der Waals surface area contributed by atoms with Crippen molar-refractivity contribution in [3.63, 3.8) is 0 Å². The Labute approximate surface area is 221 Å². The Kier molecular flexibility index (Phi) is 7.71. The molecule has 1 aromatic carbocycles. The normalized spacial score (nSPS) is 13.8. The minimum atomic E-state index is -0.150. The second kappa shape index (κ2) is 11.3. The number of aryl methyl sites for hydroxylation is 1. The van der Waals surface area contributed by atoms with Crippen LogP contribution in [0.2, 0.25) is 0 Å². The van der Waals surface area contributed by atoms with Crippen molar-refractivity contribution in [3.8, 4) is 11.1 Å². The number of rotatable bonds is 9. The monoisotopic (exact) mass is 518 g/mol. The van der Waals surface area contributed by atoms with Gasteiger partial charge < -0.3 is 20.7 Å². The molecule has 0 bridgehead atoms. The van der Waals surface area contributed by atoms with Crippen molar-refractivity contribution in [3.05, 3.63) is 58.9 Å². The summed E-state index contributed by atoms with van der Waals surface area (Å²) in [6, 6.07) is 10.5. The van der Waals surface area contributed by atoms with Gasteiger partial charge in [0.2, 0.25) is 0 Å². The van der Waals surface area contributed by atoms with Gasteiger partial charge in [-0.15, -0.1) is 11.3 Å². The number of aromatic nitrogens is 3. The third kappa shape index (κ3) is 5.62. The molecular weight excluding hydrogens is 484 g/mol. The fourth-order valence-electron chi connectivity index (χ4n) is 4.85. The zero-order chi connectivity index (χ0) is 25.8. The minimum absolute atomic E-state index is 0.150. The van der Waals surface area contributed by atoms with Crippen molar-refractivity contribution in [1.82, 2.24) is 20.1 Å². The molecule has 8 nitrogen and oxygen atoms in total. The molecule has 1 saturated heterocycles. The van der Waals surface area contributed by atoms with Crippen molar-refractivity contribution >= 4 is 38.8 Å². The number of anilines is 2. The minimum Gasteiger partial charge on any atom is -0.397 e. The zero-order valence-corrected chi connectivity index (χ0v) is 22.3. The van der Waals surface area contributed by atoms with Crippen LogP contribution in [0.3, 0.4) is 0 Å². The molecule has 37 heavy (non-hydrogen) atoms. The summed E-state index contributed by atoms with van der Waals surface area (Å²) in [5.41, 5.74) is 12.4. The summed E-state index contributed by atoms with van der Waals surface area (Å²) in [4.78, 5) is 21.2. The molecule has 1 amide bonds. The predicted molar refractivity (Wildman–Crippen MR) is 150 cm³/mol. The van der Waals surface area contributed by atoms with Crippen molar-refractivity contribution in [1.29, 1.82) is 0 Å². The molecule has 0 saturated carbocycles. The SMILES string of the molecule is COCCn1cc(-c2cc(CCNC(=O)c3sc4nc(C)ccc4c3N)ccc2N2CCCCC2)cn1. The summed E-state index contributed by atoms with van der Waals surface area (Å²) in [5, 5.41) is 8.43. The average Bonchev–Trinajstić information content (AvgIpc) is 3.52. The van der Waals surface area contributed by atoms with Crippen LogP contribution >= 0.6 is 11.3 Å². The first-order valence-electron chi connectivity index (χ1n) is 12.9. The van der Waals surface area contributed by atoms with Crippen LogP contribution in [0, 0.1) is 6.92 Å². The number of pyridine rings is 1. The van der Waals surface area contributed by atoms with E-state index in [0.29, 0.717) is 23.7 Å². The quantitative estimate of drug-likeness (QED) is 0.334. The topological polar surface area (TPSA) is 98.3 Å². The number of nitrogens with two attached hydrogens (primary N) is 1. The second-order valence-corrected chi connectivity index (χ2v) is 10.5. The van der Waals surface area contributed by atoms with Gasteiger partial charge in [-0.05, 0) is 62.4 Å². The molecule has 9 heteroatoms. The highest BCUT2D eigenvalue weighted by Crippen LogP contribution is 2.34. The van der Waals surface area contributed by atoms with Crippen molar-refractivity contribution in [2.75, 3.05) is 44.0 Å². The highest BCUT2D eigenvalue weighted by molar-refractivity contribution is 7.21. The summed E-state index contributed by atoms with van der Waals surface area (Å²) in [7, 11) is 1.70. The van der Waals surface area contributed by atoms with E-state index in [1.165, 1.54) is 47.4 Å². The molecule has 4 aromatic rings. The van der Waals surface area contributed by atoms with Crippen LogP contribution in [-0.2, 0) is 17.7 Å². The van der Waals surface area contributed by atoms with E-state index >= 15 is 0 Å². The standard InChI is InChI=1S/C28H34N6O2S/c1-19-6-8-22-25(29)26(37-28(22)32-19)27(35)30-11-10-20-7-9-24(33-12-4-3-5-13-33)23(16-20)21-17-31-34(18-21)14-15-36-2/h6-9,16-18H,3-5,10-15,29H2,1-2H3,(H,30,35). The molecule has 194 valence electrons. The highest BCUT2D eigenvalue weighted by atomic mass is 32.1. The summed E-state index contributed by atoms with van der Waals surface area (Å²) in [6.07, 6.45) is 8.47. The number of nitrogen functional groups attached to an aromatic ring is 1. The molecule has 3 N–H and O–H groups in total. The number of nitrogens with zero attached hydrogens (tertiary/aromatic N) is 4. The van der Waals surface area contributed by atoms with E-state index in [1.807, 2.05) is 29.9 Å². The molecule has 1 fully saturated rings. The van der Waals surface area contributed by atoms with Gasteiger partial charge in [-0.2, -0.15) is 5.10 Å². The smallest absolute Gasteiger partial charge is 0.263 e. The van der Waals surface area contributed by atoms with Crippen LogP contribution in [0.5, 0.6) is 0 Å². The number of piperidine rings is 1. The number of hydrogen-bond acceptors (Lipinski definition) is 7. The molecule has 0 radical (unpaired) electrons. The van der Waals surface area contributed by atoms with Gasteiger partial charge in [0.25, 0.3) is 5.91 Å². The maximum atomic E-state index is 12.9. The highest BCUT2D eigenvalue weighted by Gasteiger charge is 2.19. The fourth-order valence-corrected chi connectivity index (χ4v) is 5.90. The lowest BCUT2D eigenvalue weighted by Crippen LogP contribution is -2.30. The van der Waals surface area contributed by atoms with Crippen molar-refractivity contribution < 1.29 is 9.53 Å². The van der Waals surface area contributed by atoms with E-state index in [2.05, 4.69) is 44.7 Å². The van der Waals surface area contributed by atoms with Crippen LogP contribution in [-0.4, -0.2) is 54.0 Å². The van der Waals surface area contributed by atoms with Gasteiger partial charge in [0.1, 0.15) is 9.71 Å². The first-order chi connectivity index (χ1) is 18.0. The summed E-state index contributed by atoms with van der Waals surface area (Å²) in [6.45, 7) is 5.95. The predicted octanol–water partition coefficient (Wildman–Crippen LogP) is 4.66. The third-order valence-electron chi connectivity index (χ3n) is 6.86. The average molecular weight is 519 g/mol. The summed E-state index contributed by atoms with van der Waals surface area (Å²) in [5.74, 6) is -0.150. The molecule has 4 heterocycles. The van der Waals surface area contributed by atoms with Crippen molar-refractivity contribution in [2.45, 2.75) is 39.2 Å². The number of thiophene rings is 1. The Morgan fingerprint density at radius 3 is 2.84 bits per heavy atom. The number of carbonyl (C=O) groups is 1. The van der Waals surface area contributed by atoms with Gasteiger partial charge in [-0.3, -0.25) is 9.48 Å². The first kappa shape index (κ1) is 25.2. The number of methoxy groups -OCH3 is 1. The van der Waals surface area contributed by atoms with Gasteiger partial charge in [-0.1, -0.05) is 6.07 Å². The molecule has 5 rings (SSSR count).